The largest absolute Gasteiger partial charge is 0.496 e. The molecule has 0 saturated carbocycles. The maximum atomic E-state index is 12.5. The average molecular weight is 452 g/mol. The number of carbonyl (C=O) groups is 1. The van der Waals surface area contributed by atoms with Gasteiger partial charge in [-0.05, 0) is 55.5 Å². The normalized spacial score (nSPS) is 10.8. The second kappa shape index (κ2) is 8.99. The van der Waals surface area contributed by atoms with E-state index in [2.05, 4.69) is 25.4 Å². The van der Waals surface area contributed by atoms with Crippen LogP contribution in [0, 0.1) is 6.92 Å². The summed E-state index contributed by atoms with van der Waals surface area (Å²) in [5.41, 5.74) is 2.74. The van der Waals surface area contributed by atoms with Crippen LogP contribution in [0.15, 0.2) is 79.1 Å². The molecule has 34 heavy (non-hydrogen) atoms. The molecule has 0 aliphatic carbocycles. The number of carbonyl (C=O) groups excluding carboxylic acids is 1. The molecule has 0 radical (unpaired) electrons. The fourth-order valence-electron chi connectivity index (χ4n) is 3.42. The third-order valence-electron chi connectivity index (χ3n) is 5.02. The Morgan fingerprint density at radius 1 is 1.00 bits per heavy atom. The van der Waals surface area contributed by atoms with Crippen molar-refractivity contribution in [3.8, 4) is 22.9 Å². The van der Waals surface area contributed by atoms with Crippen molar-refractivity contribution in [1.82, 2.24) is 24.6 Å². The van der Waals surface area contributed by atoms with Gasteiger partial charge in [-0.25, -0.2) is 9.78 Å². The molecule has 9 nitrogen and oxygen atoms in total. The van der Waals surface area contributed by atoms with Gasteiger partial charge in [-0.1, -0.05) is 12.1 Å². The van der Waals surface area contributed by atoms with Crippen LogP contribution in [0.2, 0.25) is 0 Å². The highest BCUT2D eigenvalue weighted by Gasteiger charge is 2.15. The van der Waals surface area contributed by atoms with Crippen LogP contribution < -0.4 is 14.8 Å². The van der Waals surface area contributed by atoms with E-state index in [9.17, 15) is 4.79 Å². The molecule has 0 aliphatic heterocycles. The van der Waals surface area contributed by atoms with Crippen molar-refractivity contribution in [2.75, 3.05) is 12.4 Å². The maximum Gasteiger partial charge on any atom is 0.347 e. The molecule has 0 spiro atoms. The fourth-order valence-corrected chi connectivity index (χ4v) is 3.42. The number of hydrogen-bond acceptors (Lipinski definition) is 8. The van der Waals surface area contributed by atoms with Crippen molar-refractivity contribution in [2.45, 2.75) is 6.92 Å². The summed E-state index contributed by atoms with van der Waals surface area (Å²) in [6.45, 7) is 1.89. The van der Waals surface area contributed by atoms with Crippen LogP contribution in [0.25, 0.3) is 17.2 Å². The predicted molar refractivity (Wildman–Crippen MR) is 126 cm³/mol. The summed E-state index contributed by atoms with van der Waals surface area (Å²) in [5, 5.41) is 7.91. The lowest BCUT2D eigenvalue weighted by atomic mass is 10.2. The molecular weight excluding hydrogens is 432 g/mol. The Kier molecular flexibility index (Phi) is 5.57. The molecule has 2 aromatic carbocycles. The first-order valence-corrected chi connectivity index (χ1v) is 10.5. The van der Waals surface area contributed by atoms with E-state index in [1.54, 1.807) is 53.3 Å². The van der Waals surface area contributed by atoms with E-state index < -0.39 is 5.97 Å². The van der Waals surface area contributed by atoms with E-state index in [4.69, 9.17) is 9.47 Å². The summed E-state index contributed by atoms with van der Waals surface area (Å²) in [6.07, 6.45) is 3.41. The second-order valence-corrected chi connectivity index (χ2v) is 7.41. The van der Waals surface area contributed by atoms with Crippen LogP contribution in [0.1, 0.15) is 16.1 Å². The number of anilines is 2. The summed E-state index contributed by atoms with van der Waals surface area (Å²) in [6, 6.07) is 19.6. The van der Waals surface area contributed by atoms with Gasteiger partial charge in [0.25, 0.3) is 5.78 Å². The van der Waals surface area contributed by atoms with Crippen molar-refractivity contribution in [3.63, 3.8) is 0 Å². The first-order chi connectivity index (χ1) is 16.6. The molecule has 0 fully saturated rings. The Labute approximate surface area is 195 Å². The van der Waals surface area contributed by atoms with Crippen LogP contribution in [-0.4, -0.2) is 37.6 Å². The van der Waals surface area contributed by atoms with E-state index >= 15 is 0 Å². The van der Waals surface area contributed by atoms with Crippen LogP contribution in [-0.2, 0) is 0 Å². The molecule has 3 aromatic heterocycles. The molecule has 0 atom stereocenters. The highest BCUT2D eigenvalue weighted by molar-refractivity contribution is 5.94. The van der Waals surface area contributed by atoms with E-state index in [-0.39, 0.29) is 0 Å². The van der Waals surface area contributed by atoms with Gasteiger partial charge in [0.05, 0.1) is 7.11 Å². The van der Waals surface area contributed by atoms with E-state index in [0.29, 0.717) is 34.5 Å². The first-order valence-electron chi connectivity index (χ1n) is 10.5. The number of nitrogens with zero attached hydrogens (tertiary/aromatic N) is 5. The molecule has 0 aliphatic rings. The number of aryl methyl sites for hydroxylation is 1. The highest BCUT2D eigenvalue weighted by atomic mass is 16.5. The topological polar surface area (TPSA) is 104 Å². The van der Waals surface area contributed by atoms with Crippen molar-refractivity contribution in [3.05, 3.63) is 90.4 Å². The number of esters is 1. The summed E-state index contributed by atoms with van der Waals surface area (Å²) < 4.78 is 12.4. The van der Waals surface area contributed by atoms with Gasteiger partial charge in [-0.3, -0.25) is 4.98 Å². The Morgan fingerprint density at radius 2 is 1.82 bits per heavy atom. The summed E-state index contributed by atoms with van der Waals surface area (Å²) in [4.78, 5) is 25.7. The van der Waals surface area contributed by atoms with E-state index in [1.807, 2.05) is 37.3 Å². The molecule has 9 heteroatoms. The van der Waals surface area contributed by atoms with E-state index in [1.165, 1.54) is 7.11 Å². The molecule has 0 bridgehead atoms. The van der Waals surface area contributed by atoms with Gasteiger partial charge in [-0.15, -0.1) is 5.10 Å². The fraction of sp³-hybridized carbons (Fsp3) is 0.0800. The van der Waals surface area contributed by atoms with Crippen LogP contribution in [0.5, 0.6) is 11.5 Å². The Hall–Kier alpha value is -4.79. The van der Waals surface area contributed by atoms with Gasteiger partial charge in [0.1, 0.15) is 22.9 Å². The van der Waals surface area contributed by atoms with Gasteiger partial charge in [-0.2, -0.15) is 9.50 Å². The maximum absolute atomic E-state index is 12.5. The quantitative estimate of drug-likeness (QED) is 0.297. The van der Waals surface area contributed by atoms with E-state index in [0.717, 1.165) is 16.9 Å². The lowest BCUT2D eigenvalue weighted by Crippen LogP contribution is -2.10. The lowest BCUT2D eigenvalue weighted by Gasteiger charge is -2.10. The summed E-state index contributed by atoms with van der Waals surface area (Å²) in [7, 11) is 1.51. The van der Waals surface area contributed by atoms with Gasteiger partial charge >= 0.3 is 5.97 Å². The zero-order valence-corrected chi connectivity index (χ0v) is 18.5. The van der Waals surface area contributed by atoms with Crippen molar-refractivity contribution >= 4 is 23.3 Å². The number of nitrogens with one attached hydrogen (secondary N) is 1. The molecule has 0 saturated heterocycles. The molecule has 5 rings (SSSR count). The first kappa shape index (κ1) is 21.1. The highest BCUT2D eigenvalue weighted by Crippen LogP contribution is 2.24. The Morgan fingerprint density at radius 3 is 2.59 bits per heavy atom. The van der Waals surface area contributed by atoms with Crippen LogP contribution in [0.4, 0.5) is 11.5 Å². The predicted octanol–water partition coefficient (Wildman–Crippen LogP) is 4.47. The molecule has 1 N–H and O–H groups in total. The number of aromatic nitrogens is 5. The minimum absolute atomic E-state index is 0.359. The summed E-state index contributed by atoms with van der Waals surface area (Å²) in [5.74, 6) is 2.09. The molecule has 168 valence electrons. The number of pyridine rings is 1. The van der Waals surface area contributed by atoms with Crippen LogP contribution >= 0.6 is 0 Å². The smallest absolute Gasteiger partial charge is 0.347 e. The molecular formula is C25H20N6O3. The number of para-hydroxylation sites is 1. The minimum Gasteiger partial charge on any atom is -0.496 e. The second-order valence-electron chi connectivity index (χ2n) is 7.41. The third-order valence-corrected chi connectivity index (χ3v) is 5.02. The molecule has 0 amide bonds. The van der Waals surface area contributed by atoms with Crippen LogP contribution in [0.3, 0.4) is 0 Å². The number of methoxy groups -OCH3 is 1. The SMILES string of the molecule is COc1ccccc1C(=O)Oc1ccc(Nc2cc(C)nc3nc(-c4cccnc4)nn23)cc1. The number of ether oxygens (including phenoxy) is 2. The van der Waals surface area contributed by atoms with Crippen molar-refractivity contribution < 1.29 is 14.3 Å². The number of hydrogen-bond donors (Lipinski definition) is 1. The zero-order valence-electron chi connectivity index (χ0n) is 18.5. The molecule has 0 unspecified atom stereocenters. The number of rotatable bonds is 6. The Bertz CT molecular complexity index is 1470. The minimum atomic E-state index is -0.491. The van der Waals surface area contributed by atoms with Gasteiger partial charge < -0.3 is 14.8 Å². The molecule has 5 aromatic rings. The van der Waals surface area contributed by atoms with Gasteiger partial charge in [0.15, 0.2) is 5.82 Å². The zero-order chi connectivity index (χ0) is 23.5. The lowest BCUT2D eigenvalue weighted by molar-refractivity contribution is 0.0731. The van der Waals surface area contributed by atoms with Gasteiger partial charge in [0, 0.05) is 35.4 Å². The van der Waals surface area contributed by atoms with Crippen molar-refractivity contribution in [1.29, 1.82) is 0 Å². The molecule has 3 heterocycles. The summed E-state index contributed by atoms with van der Waals surface area (Å²) >= 11 is 0. The monoisotopic (exact) mass is 452 g/mol. The third kappa shape index (κ3) is 4.26. The van der Waals surface area contributed by atoms with Crippen molar-refractivity contribution in [2.24, 2.45) is 0 Å². The standard InChI is InChI=1S/C25H20N6O3/c1-16-14-22(31-25(27-16)29-23(30-31)17-6-5-13-26-15-17)28-18-9-11-19(12-10-18)34-24(32)20-7-3-4-8-21(20)33-2/h3-15,28H,1-2H3. The van der Waals surface area contributed by atoms with Gasteiger partial charge in [0.2, 0.25) is 0 Å². The average Bonchev–Trinajstić information content (AvgIpc) is 3.30. The number of fused-ring (bicyclic) bond motifs is 1. The Balaban J connectivity index is 1.37. The number of benzene rings is 2.